The molecule has 24 heavy (non-hydrogen) atoms. The maximum atomic E-state index is 13.2. The maximum absolute atomic E-state index is 13.2. The second kappa shape index (κ2) is 8.11. The first-order valence-electron chi connectivity index (χ1n) is 9.41. The quantitative estimate of drug-likeness (QED) is 0.912. The topological polar surface area (TPSA) is 32.3 Å². The fraction of sp³-hybridized carbons (Fsp3) is 0.650. The molecule has 3 rings (SSSR count). The van der Waals surface area contributed by atoms with E-state index in [4.69, 9.17) is 0 Å². The fourth-order valence-corrected chi connectivity index (χ4v) is 4.50. The highest BCUT2D eigenvalue weighted by Crippen LogP contribution is 2.30. The summed E-state index contributed by atoms with van der Waals surface area (Å²) in [5, 5.41) is 3.18. The van der Waals surface area contributed by atoms with Crippen LogP contribution in [0.5, 0.6) is 0 Å². The average Bonchev–Trinajstić information content (AvgIpc) is 2.58. The Morgan fingerprint density at radius 1 is 1.12 bits per heavy atom. The van der Waals surface area contributed by atoms with Crippen LogP contribution < -0.4 is 5.32 Å². The summed E-state index contributed by atoms with van der Waals surface area (Å²) in [4.78, 5) is 14.3. The molecule has 2 atom stereocenters. The number of benzene rings is 1. The van der Waals surface area contributed by atoms with E-state index in [9.17, 15) is 9.18 Å². The molecule has 0 radical (unpaired) electrons. The highest BCUT2D eigenvalue weighted by Gasteiger charge is 2.36. The molecule has 1 aromatic carbocycles. The Hall–Kier alpha value is -1.42. The molecule has 1 saturated heterocycles. The second-order valence-electron chi connectivity index (χ2n) is 7.38. The van der Waals surface area contributed by atoms with Crippen molar-refractivity contribution in [2.75, 3.05) is 6.54 Å². The Kier molecular flexibility index (Phi) is 5.88. The monoisotopic (exact) mass is 332 g/mol. The molecular formula is C20H29FN2O. The van der Waals surface area contributed by atoms with Gasteiger partial charge in [-0.05, 0) is 56.3 Å². The zero-order valence-electron chi connectivity index (χ0n) is 14.6. The highest BCUT2D eigenvalue weighted by molar-refractivity contribution is 5.73. The Morgan fingerprint density at radius 3 is 2.50 bits per heavy atom. The summed E-state index contributed by atoms with van der Waals surface area (Å²) in [5.74, 6) is -0.139. The van der Waals surface area contributed by atoms with Crippen molar-refractivity contribution in [3.63, 3.8) is 0 Å². The van der Waals surface area contributed by atoms with E-state index >= 15 is 0 Å². The summed E-state index contributed by atoms with van der Waals surface area (Å²) in [6.07, 6.45) is 9.57. The first-order chi connectivity index (χ1) is 11.6. The number of nitrogens with one attached hydrogen (secondary N) is 1. The molecule has 0 spiro atoms. The lowest BCUT2D eigenvalue weighted by Gasteiger charge is -2.47. The molecule has 1 heterocycles. The molecule has 1 aliphatic heterocycles. The van der Waals surface area contributed by atoms with Crippen LogP contribution in [-0.4, -0.2) is 35.5 Å². The Bertz CT molecular complexity index is 539. The Balaban J connectivity index is 1.79. The SMILES string of the molecule is CC(=O)N[C@H]1CCCN(C2CCCCC2)[C@H]1Cc1ccc(F)cc1. The second-order valence-corrected chi connectivity index (χ2v) is 7.38. The first-order valence-corrected chi connectivity index (χ1v) is 9.41. The third-order valence-electron chi connectivity index (χ3n) is 5.61. The van der Waals surface area contributed by atoms with Crippen LogP contribution >= 0.6 is 0 Å². The Morgan fingerprint density at radius 2 is 1.83 bits per heavy atom. The standard InChI is InChI=1S/C20H29FN2O/c1-15(24)22-19-8-5-13-23(18-6-3-2-4-7-18)20(19)14-16-9-11-17(21)12-10-16/h9-12,18-20H,2-8,13-14H2,1H3,(H,22,24)/t19-,20-/m0/s1. The molecule has 1 aromatic rings. The van der Waals surface area contributed by atoms with Crippen LogP contribution in [0.1, 0.15) is 57.4 Å². The lowest BCUT2D eigenvalue weighted by Crippen LogP contribution is -2.59. The van der Waals surface area contributed by atoms with E-state index in [2.05, 4.69) is 10.2 Å². The van der Waals surface area contributed by atoms with Gasteiger partial charge in [0.15, 0.2) is 0 Å². The van der Waals surface area contributed by atoms with E-state index < -0.39 is 0 Å². The molecule has 1 N–H and O–H groups in total. The summed E-state index contributed by atoms with van der Waals surface area (Å²) >= 11 is 0. The van der Waals surface area contributed by atoms with Crippen LogP contribution in [0, 0.1) is 5.82 Å². The number of hydrogen-bond acceptors (Lipinski definition) is 2. The molecular weight excluding hydrogens is 303 g/mol. The van der Waals surface area contributed by atoms with E-state index in [1.165, 1.54) is 44.2 Å². The van der Waals surface area contributed by atoms with Gasteiger partial charge in [-0.3, -0.25) is 9.69 Å². The molecule has 4 heteroatoms. The van der Waals surface area contributed by atoms with Crippen LogP contribution in [0.2, 0.25) is 0 Å². The largest absolute Gasteiger partial charge is 0.352 e. The van der Waals surface area contributed by atoms with Crippen LogP contribution in [-0.2, 0) is 11.2 Å². The summed E-state index contributed by atoms with van der Waals surface area (Å²) < 4.78 is 13.2. The lowest BCUT2D eigenvalue weighted by atomic mass is 9.85. The third kappa shape index (κ3) is 4.35. The van der Waals surface area contributed by atoms with Crippen molar-refractivity contribution in [1.82, 2.24) is 10.2 Å². The zero-order valence-corrected chi connectivity index (χ0v) is 14.6. The maximum Gasteiger partial charge on any atom is 0.217 e. The van der Waals surface area contributed by atoms with Crippen LogP contribution in [0.4, 0.5) is 4.39 Å². The van der Waals surface area contributed by atoms with Crippen LogP contribution in [0.25, 0.3) is 0 Å². The predicted octanol–water partition coefficient (Wildman–Crippen LogP) is 3.67. The van der Waals surface area contributed by atoms with Crippen molar-refractivity contribution in [1.29, 1.82) is 0 Å². The number of amides is 1. The number of piperidine rings is 1. The van der Waals surface area contributed by atoms with E-state index in [1.54, 1.807) is 6.92 Å². The lowest BCUT2D eigenvalue weighted by molar-refractivity contribution is -0.120. The van der Waals surface area contributed by atoms with Crippen molar-refractivity contribution >= 4 is 5.91 Å². The highest BCUT2D eigenvalue weighted by atomic mass is 19.1. The summed E-state index contributed by atoms with van der Waals surface area (Å²) in [5.41, 5.74) is 1.15. The van der Waals surface area contributed by atoms with Gasteiger partial charge in [-0.15, -0.1) is 0 Å². The van der Waals surface area contributed by atoms with Gasteiger partial charge in [0.1, 0.15) is 5.82 Å². The number of likely N-dealkylation sites (tertiary alicyclic amines) is 1. The van der Waals surface area contributed by atoms with Crippen molar-refractivity contribution < 1.29 is 9.18 Å². The number of halogens is 1. The van der Waals surface area contributed by atoms with E-state index in [-0.39, 0.29) is 17.8 Å². The van der Waals surface area contributed by atoms with E-state index in [0.29, 0.717) is 12.1 Å². The molecule has 1 amide bonds. The minimum Gasteiger partial charge on any atom is -0.352 e. The number of rotatable bonds is 4. The van der Waals surface area contributed by atoms with Gasteiger partial charge in [-0.1, -0.05) is 31.4 Å². The fourth-order valence-electron chi connectivity index (χ4n) is 4.50. The molecule has 0 bridgehead atoms. The normalized spacial score (nSPS) is 26.2. The molecule has 0 unspecified atom stereocenters. The summed E-state index contributed by atoms with van der Waals surface area (Å²) in [6, 6.07) is 7.99. The minimum atomic E-state index is -0.190. The molecule has 3 nitrogen and oxygen atoms in total. The molecule has 2 aliphatic rings. The molecule has 132 valence electrons. The van der Waals surface area contributed by atoms with Gasteiger partial charge < -0.3 is 5.32 Å². The van der Waals surface area contributed by atoms with Gasteiger partial charge in [0.05, 0.1) is 0 Å². The number of carbonyl (C=O) groups is 1. The van der Waals surface area contributed by atoms with Gasteiger partial charge in [0.2, 0.25) is 5.91 Å². The minimum absolute atomic E-state index is 0.0506. The third-order valence-corrected chi connectivity index (χ3v) is 5.61. The summed E-state index contributed by atoms with van der Waals surface area (Å²) in [6.45, 7) is 2.72. The van der Waals surface area contributed by atoms with Crippen molar-refractivity contribution in [3.8, 4) is 0 Å². The number of carbonyl (C=O) groups excluding carboxylic acids is 1. The van der Waals surface area contributed by atoms with Gasteiger partial charge in [0.25, 0.3) is 0 Å². The van der Waals surface area contributed by atoms with Crippen molar-refractivity contribution in [3.05, 3.63) is 35.6 Å². The zero-order chi connectivity index (χ0) is 16.9. The predicted molar refractivity (Wildman–Crippen MR) is 94.3 cm³/mol. The van der Waals surface area contributed by atoms with Crippen molar-refractivity contribution in [2.45, 2.75) is 76.4 Å². The van der Waals surface area contributed by atoms with E-state index in [1.807, 2.05) is 12.1 Å². The summed E-state index contributed by atoms with van der Waals surface area (Å²) in [7, 11) is 0. The first kappa shape index (κ1) is 17.4. The molecule has 1 saturated carbocycles. The smallest absolute Gasteiger partial charge is 0.217 e. The van der Waals surface area contributed by atoms with Crippen LogP contribution in [0.3, 0.4) is 0 Å². The number of nitrogens with zero attached hydrogens (tertiary/aromatic N) is 1. The molecule has 0 aromatic heterocycles. The van der Waals surface area contributed by atoms with Gasteiger partial charge in [-0.25, -0.2) is 4.39 Å². The van der Waals surface area contributed by atoms with Gasteiger partial charge >= 0.3 is 0 Å². The number of hydrogen-bond donors (Lipinski definition) is 1. The average molecular weight is 332 g/mol. The van der Waals surface area contributed by atoms with Gasteiger partial charge in [0, 0.05) is 25.0 Å². The molecule has 1 aliphatic carbocycles. The van der Waals surface area contributed by atoms with Crippen molar-refractivity contribution in [2.24, 2.45) is 0 Å². The van der Waals surface area contributed by atoms with Gasteiger partial charge in [-0.2, -0.15) is 0 Å². The molecule has 2 fully saturated rings. The van der Waals surface area contributed by atoms with Crippen LogP contribution in [0.15, 0.2) is 24.3 Å². The van der Waals surface area contributed by atoms with E-state index in [0.717, 1.165) is 31.4 Å². The Labute approximate surface area is 144 Å².